The molecule has 0 bridgehead atoms. The topological polar surface area (TPSA) is 80.6 Å². The summed E-state index contributed by atoms with van der Waals surface area (Å²) in [5.74, 6) is 3.92. The maximum absolute atomic E-state index is 13.2. The minimum absolute atomic E-state index is 0.0108. The molecule has 6 rings (SSSR count). The molecule has 0 radical (unpaired) electrons. The Bertz CT molecular complexity index is 870. The predicted octanol–water partition coefficient (Wildman–Crippen LogP) is 3.61. The molecule has 1 unspecified atom stereocenters. The number of carbonyl (C=O) groups is 1. The smallest absolute Gasteiger partial charge is 0.222 e. The number of hydrogen-bond donors (Lipinski definition) is 3. The van der Waals surface area contributed by atoms with Gasteiger partial charge in [-0.2, -0.15) is 0 Å². The molecule has 11 atom stereocenters. The van der Waals surface area contributed by atoms with Crippen molar-refractivity contribution in [3.05, 3.63) is 0 Å². The first-order chi connectivity index (χ1) is 18.7. The minimum atomic E-state index is -0.235. The fourth-order valence-corrected chi connectivity index (χ4v) is 11.4. The van der Waals surface area contributed by atoms with Gasteiger partial charge >= 0.3 is 0 Å². The van der Waals surface area contributed by atoms with E-state index in [0.717, 1.165) is 64.2 Å². The second-order valence-corrected chi connectivity index (χ2v) is 15.4. The van der Waals surface area contributed by atoms with Crippen LogP contribution in [0.4, 0.5) is 0 Å². The molecule has 0 aromatic heterocycles. The number of hydrogen-bond acceptors (Lipinski definition) is 4. The number of aliphatic hydroxyl groups is 2. The number of piperazine rings is 1. The van der Waals surface area contributed by atoms with Crippen LogP contribution in [0.1, 0.15) is 104 Å². The molecule has 6 nitrogen and oxygen atoms in total. The van der Waals surface area contributed by atoms with Gasteiger partial charge in [0.05, 0.1) is 18.8 Å². The third kappa shape index (κ3) is 5.02. The van der Waals surface area contributed by atoms with Crippen LogP contribution in [-0.4, -0.2) is 77.0 Å². The van der Waals surface area contributed by atoms with Crippen molar-refractivity contribution < 1.29 is 20.3 Å². The zero-order chi connectivity index (χ0) is 27.4. The molecule has 6 heteroatoms. The van der Waals surface area contributed by atoms with E-state index >= 15 is 0 Å². The summed E-state index contributed by atoms with van der Waals surface area (Å²) in [7, 11) is 0. The number of amides is 1. The first-order valence-corrected chi connectivity index (χ1v) is 16.9. The maximum Gasteiger partial charge on any atom is 0.222 e. The summed E-state index contributed by atoms with van der Waals surface area (Å²) in [5.41, 5.74) is 0.281. The number of nitrogens with two attached hydrogens (primary N) is 1. The molecule has 6 aliphatic rings. The number of piperidine rings is 1. The number of rotatable bonds is 5. The zero-order valence-electron chi connectivity index (χ0n) is 25.2. The van der Waals surface area contributed by atoms with Crippen LogP contribution in [0.5, 0.6) is 0 Å². The molecule has 4 N–H and O–H groups in total. The lowest BCUT2D eigenvalue weighted by Crippen LogP contribution is -2.95. The Labute approximate surface area is 237 Å². The average Bonchev–Trinajstić information content (AvgIpc) is 3.32. The van der Waals surface area contributed by atoms with Crippen LogP contribution >= 0.6 is 0 Å². The molecule has 4 aliphatic carbocycles. The molecule has 1 amide bonds. The highest BCUT2D eigenvalue weighted by Gasteiger charge is 2.63. The molecule has 0 aromatic rings. The molecule has 6 fully saturated rings. The summed E-state index contributed by atoms with van der Waals surface area (Å²) in [6.07, 6.45) is 14.9. The van der Waals surface area contributed by atoms with E-state index in [1.165, 1.54) is 51.5 Å². The fraction of sp³-hybridized carbons (Fsp3) is 0.970. The van der Waals surface area contributed by atoms with Crippen LogP contribution in [-0.2, 0) is 4.79 Å². The SMILES string of the molecule is C[C@H](CCC(=O)N1CCN(C2CCCC[NH2+]2)CC1)[C@@H]1CC[C@@H]2[C@@H]3CC[C@H]4C[C@H](O)CC[C@]4(C)[C@@H]3C[C@H](O)[C@@]21C. The number of aliphatic hydroxyl groups excluding tert-OH is 2. The van der Waals surface area contributed by atoms with Gasteiger partial charge in [-0.25, -0.2) is 0 Å². The number of fused-ring (bicyclic) bond motifs is 5. The highest BCUT2D eigenvalue weighted by atomic mass is 16.3. The Hall–Kier alpha value is -0.690. The van der Waals surface area contributed by atoms with Crippen LogP contribution in [0, 0.1) is 46.3 Å². The summed E-state index contributed by atoms with van der Waals surface area (Å²) in [4.78, 5) is 18.0. The van der Waals surface area contributed by atoms with E-state index in [1.807, 2.05) is 0 Å². The molecule has 222 valence electrons. The summed E-state index contributed by atoms with van der Waals surface area (Å²) in [5, 5.41) is 24.7. The van der Waals surface area contributed by atoms with Crippen molar-refractivity contribution in [1.82, 2.24) is 9.80 Å². The van der Waals surface area contributed by atoms with Gasteiger partial charge in [-0.1, -0.05) is 20.8 Å². The van der Waals surface area contributed by atoms with E-state index < -0.39 is 0 Å². The van der Waals surface area contributed by atoms with Gasteiger partial charge in [0.25, 0.3) is 0 Å². The van der Waals surface area contributed by atoms with Crippen LogP contribution in [0.25, 0.3) is 0 Å². The Morgan fingerprint density at radius 1 is 0.949 bits per heavy atom. The average molecular weight is 545 g/mol. The quantitative estimate of drug-likeness (QED) is 0.494. The summed E-state index contributed by atoms with van der Waals surface area (Å²) in [6, 6.07) is 0. The van der Waals surface area contributed by atoms with E-state index in [1.54, 1.807) is 0 Å². The van der Waals surface area contributed by atoms with E-state index in [9.17, 15) is 15.0 Å². The molecule has 0 aromatic carbocycles. The van der Waals surface area contributed by atoms with Gasteiger partial charge in [0.2, 0.25) is 5.91 Å². The van der Waals surface area contributed by atoms with Crippen LogP contribution in [0.3, 0.4) is 0 Å². The zero-order valence-corrected chi connectivity index (χ0v) is 25.2. The van der Waals surface area contributed by atoms with Gasteiger partial charge in [0, 0.05) is 39.0 Å². The fourth-order valence-electron chi connectivity index (χ4n) is 11.4. The largest absolute Gasteiger partial charge is 0.393 e. The van der Waals surface area contributed by atoms with E-state index in [4.69, 9.17) is 0 Å². The first kappa shape index (κ1) is 28.4. The summed E-state index contributed by atoms with van der Waals surface area (Å²) >= 11 is 0. The van der Waals surface area contributed by atoms with E-state index in [-0.39, 0.29) is 17.6 Å². The lowest BCUT2D eigenvalue weighted by molar-refractivity contribution is -0.717. The normalized spacial score (nSPS) is 47.7. The van der Waals surface area contributed by atoms with Crippen LogP contribution in [0.2, 0.25) is 0 Å². The highest BCUT2D eigenvalue weighted by Crippen LogP contribution is 2.68. The maximum atomic E-state index is 13.2. The number of quaternary nitrogens is 1. The monoisotopic (exact) mass is 544 g/mol. The Kier molecular flexibility index (Phi) is 8.16. The third-order valence-corrected chi connectivity index (χ3v) is 13.8. The van der Waals surface area contributed by atoms with Gasteiger partial charge in [0.15, 0.2) is 0 Å². The van der Waals surface area contributed by atoms with Crippen molar-refractivity contribution in [1.29, 1.82) is 0 Å². The van der Waals surface area contributed by atoms with Crippen molar-refractivity contribution in [2.75, 3.05) is 32.7 Å². The molecule has 2 saturated heterocycles. The van der Waals surface area contributed by atoms with E-state index in [0.29, 0.717) is 53.5 Å². The highest BCUT2D eigenvalue weighted by molar-refractivity contribution is 5.76. The molecular weight excluding hydrogens is 486 g/mol. The lowest BCUT2D eigenvalue weighted by Gasteiger charge is -2.62. The Morgan fingerprint density at radius 2 is 1.74 bits per heavy atom. The third-order valence-electron chi connectivity index (χ3n) is 13.8. The van der Waals surface area contributed by atoms with E-state index in [2.05, 4.69) is 35.9 Å². The van der Waals surface area contributed by atoms with Gasteiger partial charge in [-0.3, -0.25) is 9.69 Å². The number of nitrogens with zero attached hydrogens (tertiary/aromatic N) is 2. The van der Waals surface area contributed by atoms with Crippen LogP contribution in [0.15, 0.2) is 0 Å². The molecule has 2 aliphatic heterocycles. The molecular formula is C33H58N3O3+. The Balaban J connectivity index is 1.04. The van der Waals surface area contributed by atoms with Crippen molar-refractivity contribution in [2.24, 2.45) is 46.3 Å². The van der Waals surface area contributed by atoms with Gasteiger partial charge < -0.3 is 20.4 Å². The predicted molar refractivity (Wildman–Crippen MR) is 154 cm³/mol. The van der Waals surface area contributed by atoms with Crippen molar-refractivity contribution in [3.63, 3.8) is 0 Å². The van der Waals surface area contributed by atoms with Gasteiger partial charge in [-0.05, 0) is 117 Å². The molecule has 4 saturated carbocycles. The Morgan fingerprint density at radius 3 is 2.49 bits per heavy atom. The summed E-state index contributed by atoms with van der Waals surface area (Å²) in [6.45, 7) is 12.4. The van der Waals surface area contributed by atoms with Crippen molar-refractivity contribution in [3.8, 4) is 0 Å². The van der Waals surface area contributed by atoms with Crippen molar-refractivity contribution in [2.45, 2.75) is 123 Å². The molecule has 39 heavy (non-hydrogen) atoms. The summed E-state index contributed by atoms with van der Waals surface area (Å²) < 4.78 is 0. The van der Waals surface area contributed by atoms with Gasteiger partial charge in [-0.15, -0.1) is 0 Å². The molecule has 2 heterocycles. The number of carbonyl (C=O) groups excluding carboxylic acids is 1. The minimum Gasteiger partial charge on any atom is -0.393 e. The van der Waals surface area contributed by atoms with Crippen molar-refractivity contribution >= 4 is 5.91 Å². The molecule has 0 spiro atoms. The van der Waals surface area contributed by atoms with Crippen LogP contribution < -0.4 is 5.32 Å². The second-order valence-electron chi connectivity index (χ2n) is 15.4. The van der Waals surface area contributed by atoms with Gasteiger partial charge in [0.1, 0.15) is 6.17 Å². The lowest BCUT2D eigenvalue weighted by atomic mass is 9.43. The standard InChI is InChI=1S/C33H57N3O3/c1-22(7-12-31(39)36-18-16-35(17-19-36)30-6-4-5-15-34-30)26-10-11-27-25-9-8-23-20-24(37)13-14-32(23,2)28(25)21-29(38)33(26,27)3/h22-30,34,37-38H,4-21H2,1-3H3/p+1/t22-,23+,24-,25+,26+,27-,28-,29+,30?,32+,33-/m1/s1. The first-order valence-electron chi connectivity index (χ1n) is 16.9. The second kappa shape index (κ2) is 11.2.